The molecule has 3 rings (SSSR count). The van der Waals surface area contributed by atoms with Gasteiger partial charge in [-0.3, -0.25) is 4.79 Å². The van der Waals surface area contributed by atoms with Gasteiger partial charge in [-0.05, 0) is 35.9 Å². The second-order valence-corrected chi connectivity index (χ2v) is 6.86. The molecule has 1 heterocycles. The molecule has 0 saturated carbocycles. The fraction of sp³-hybridized carbons (Fsp3) is 0.200. The molecule has 0 aliphatic carbocycles. The van der Waals surface area contributed by atoms with Crippen LogP contribution in [0, 0.1) is 0 Å². The summed E-state index contributed by atoms with van der Waals surface area (Å²) in [6.07, 6.45) is -5.88. The third-order valence-electron chi connectivity index (χ3n) is 3.92. The number of rotatable bonds is 8. The molecule has 0 aliphatic heterocycles. The van der Waals surface area contributed by atoms with E-state index in [1.807, 2.05) is 5.38 Å². The Kier molecular flexibility index (Phi) is 6.91. The lowest BCUT2D eigenvalue weighted by molar-refractivity contribution is -0.274. The van der Waals surface area contributed by atoms with Gasteiger partial charge in [0.2, 0.25) is 0 Å². The number of carbonyl (C=O) groups is 1. The zero-order valence-electron chi connectivity index (χ0n) is 15.4. The predicted molar refractivity (Wildman–Crippen MR) is 103 cm³/mol. The summed E-state index contributed by atoms with van der Waals surface area (Å²) in [6, 6.07) is 11.3. The quantitative estimate of drug-likeness (QED) is 0.554. The van der Waals surface area contributed by atoms with Gasteiger partial charge in [-0.2, -0.15) is 0 Å². The maximum Gasteiger partial charge on any atom is 0.573 e. The largest absolute Gasteiger partial charge is 0.573 e. The van der Waals surface area contributed by atoms with E-state index in [-0.39, 0.29) is 13.2 Å². The molecule has 0 fully saturated rings. The molecule has 1 aromatic heterocycles. The van der Waals surface area contributed by atoms with Crippen LogP contribution in [0.1, 0.15) is 27.7 Å². The molecule has 1 atom stereocenters. The first kappa shape index (κ1) is 21.6. The van der Waals surface area contributed by atoms with Crippen molar-refractivity contribution in [1.82, 2.24) is 10.3 Å². The number of hydrogen-bond donors (Lipinski definition) is 2. The van der Waals surface area contributed by atoms with Crippen molar-refractivity contribution in [1.29, 1.82) is 0 Å². The van der Waals surface area contributed by atoms with Gasteiger partial charge in [-0.15, -0.1) is 24.5 Å². The van der Waals surface area contributed by atoms with E-state index in [2.05, 4.69) is 15.0 Å². The molecule has 2 aromatic carbocycles. The van der Waals surface area contributed by atoms with E-state index in [9.17, 15) is 23.1 Å². The van der Waals surface area contributed by atoms with Crippen molar-refractivity contribution in [3.05, 3.63) is 76.2 Å². The van der Waals surface area contributed by atoms with Gasteiger partial charge in [-0.25, -0.2) is 4.98 Å². The number of alkyl halides is 3. The molecule has 6 nitrogen and oxygen atoms in total. The second-order valence-electron chi connectivity index (χ2n) is 6.14. The van der Waals surface area contributed by atoms with E-state index in [0.717, 1.165) is 17.8 Å². The van der Waals surface area contributed by atoms with Gasteiger partial charge in [0.15, 0.2) is 0 Å². The van der Waals surface area contributed by atoms with E-state index < -0.39 is 24.1 Å². The average molecular weight is 438 g/mol. The fourth-order valence-electron chi connectivity index (χ4n) is 2.49. The number of nitrogens with zero attached hydrogens (tertiary/aromatic N) is 1. The minimum absolute atomic E-state index is 0.123. The minimum atomic E-state index is -4.79. The highest BCUT2D eigenvalue weighted by molar-refractivity contribution is 7.07. The number of aliphatic hydroxyl groups is 1. The number of thiazole rings is 1. The van der Waals surface area contributed by atoms with Gasteiger partial charge in [0.05, 0.1) is 17.3 Å². The predicted octanol–water partition coefficient (Wildman–Crippen LogP) is 4.08. The highest BCUT2D eigenvalue weighted by atomic mass is 32.1. The first-order valence-corrected chi connectivity index (χ1v) is 9.66. The van der Waals surface area contributed by atoms with E-state index in [4.69, 9.17) is 4.74 Å². The molecular formula is C20H17F3N2O4S. The van der Waals surface area contributed by atoms with Gasteiger partial charge in [0.25, 0.3) is 5.91 Å². The van der Waals surface area contributed by atoms with Crippen LogP contribution < -0.4 is 14.8 Å². The van der Waals surface area contributed by atoms with Crippen molar-refractivity contribution < 1.29 is 32.5 Å². The SMILES string of the molecule is O=C(NCC(O)c1ccc(OC(F)(F)F)cc1)c1cccc(OCc2cscn2)c1. The minimum Gasteiger partial charge on any atom is -0.487 e. The van der Waals surface area contributed by atoms with Crippen LogP contribution >= 0.6 is 11.3 Å². The third-order valence-corrected chi connectivity index (χ3v) is 4.56. The van der Waals surface area contributed by atoms with Crippen LogP contribution in [0.2, 0.25) is 0 Å². The lowest BCUT2D eigenvalue weighted by Crippen LogP contribution is -2.28. The zero-order chi connectivity index (χ0) is 21.6. The first-order chi connectivity index (χ1) is 14.3. The van der Waals surface area contributed by atoms with E-state index in [1.165, 1.54) is 23.5 Å². The van der Waals surface area contributed by atoms with Crippen molar-refractivity contribution in [2.24, 2.45) is 0 Å². The first-order valence-electron chi connectivity index (χ1n) is 8.72. The van der Waals surface area contributed by atoms with Crippen molar-refractivity contribution >= 4 is 17.2 Å². The summed E-state index contributed by atoms with van der Waals surface area (Å²) in [5.74, 6) is -0.321. The van der Waals surface area contributed by atoms with Crippen LogP contribution in [0.5, 0.6) is 11.5 Å². The van der Waals surface area contributed by atoms with Crippen LogP contribution in [0.25, 0.3) is 0 Å². The topological polar surface area (TPSA) is 80.7 Å². The summed E-state index contributed by atoms with van der Waals surface area (Å²) in [5, 5.41) is 14.6. The molecular weight excluding hydrogens is 421 g/mol. The molecule has 0 bridgehead atoms. The standard InChI is InChI=1S/C20H17F3N2O4S/c21-20(22,23)29-16-6-4-13(5-7-16)18(26)9-24-19(27)14-2-1-3-17(8-14)28-10-15-11-30-12-25-15/h1-8,11-12,18,26H,9-10H2,(H,24,27). The van der Waals surface area contributed by atoms with Crippen LogP contribution in [-0.2, 0) is 6.61 Å². The molecule has 30 heavy (non-hydrogen) atoms. The highest BCUT2D eigenvalue weighted by Gasteiger charge is 2.31. The van der Waals surface area contributed by atoms with Crippen molar-refractivity contribution in [3.8, 4) is 11.5 Å². The Morgan fingerprint density at radius 1 is 1.17 bits per heavy atom. The number of hydrogen-bond acceptors (Lipinski definition) is 6. The smallest absolute Gasteiger partial charge is 0.487 e. The number of benzene rings is 2. The molecule has 0 radical (unpaired) electrons. The molecule has 0 aliphatic rings. The Labute approximate surface area is 173 Å². The molecule has 3 aromatic rings. The summed E-state index contributed by atoms with van der Waals surface area (Å²) >= 11 is 1.46. The number of carbonyl (C=O) groups excluding carboxylic acids is 1. The van der Waals surface area contributed by atoms with Crippen LogP contribution in [0.4, 0.5) is 13.2 Å². The number of aliphatic hydroxyl groups excluding tert-OH is 1. The molecule has 1 unspecified atom stereocenters. The summed E-state index contributed by atoms with van der Waals surface area (Å²) < 4.78 is 46.0. The van der Waals surface area contributed by atoms with Gasteiger partial charge in [-0.1, -0.05) is 18.2 Å². The average Bonchev–Trinajstić information content (AvgIpc) is 3.23. The van der Waals surface area contributed by atoms with Gasteiger partial charge < -0.3 is 19.9 Å². The Morgan fingerprint density at radius 3 is 2.60 bits per heavy atom. The number of nitrogens with one attached hydrogen (secondary N) is 1. The molecule has 0 saturated heterocycles. The van der Waals surface area contributed by atoms with E-state index in [0.29, 0.717) is 16.9 Å². The fourth-order valence-corrected chi connectivity index (χ4v) is 3.04. The van der Waals surface area contributed by atoms with E-state index >= 15 is 0 Å². The molecule has 2 N–H and O–H groups in total. The summed E-state index contributed by atoms with van der Waals surface area (Å²) in [5.41, 5.74) is 3.16. The van der Waals surface area contributed by atoms with Crippen LogP contribution in [-0.4, -0.2) is 28.9 Å². The molecule has 0 spiro atoms. The van der Waals surface area contributed by atoms with Gasteiger partial charge in [0.1, 0.15) is 18.1 Å². The highest BCUT2D eigenvalue weighted by Crippen LogP contribution is 2.24. The summed E-state index contributed by atoms with van der Waals surface area (Å²) in [7, 11) is 0. The molecule has 10 heteroatoms. The van der Waals surface area contributed by atoms with Crippen molar-refractivity contribution in [2.45, 2.75) is 19.1 Å². The maximum atomic E-state index is 12.3. The third kappa shape index (κ3) is 6.46. The number of ether oxygens (including phenoxy) is 2. The zero-order valence-corrected chi connectivity index (χ0v) is 16.2. The molecule has 158 valence electrons. The van der Waals surface area contributed by atoms with Crippen molar-refractivity contribution in [3.63, 3.8) is 0 Å². The Balaban J connectivity index is 1.52. The number of aromatic nitrogens is 1. The van der Waals surface area contributed by atoms with Gasteiger partial charge >= 0.3 is 6.36 Å². The van der Waals surface area contributed by atoms with Crippen molar-refractivity contribution in [2.75, 3.05) is 6.54 Å². The lowest BCUT2D eigenvalue weighted by Gasteiger charge is -2.14. The molecule has 1 amide bonds. The second kappa shape index (κ2) is 9.59. The normalized spacial score (nSPS) is 12.3. The van der Waals surface area contributed by atoms with Gasteiger partial charge in [0, 0.05) is 17.5 Å². The van der Waals surface area contributed by atoms with E-state index in [1.54, 1.807) is 29.8 Å². The maximum absolute atomic E-state index is 12.3. The number of halogens is 3. The van der Waals surface area contributed by atoms with Crippen LogP contribution in [0.3, 0.4) is 0 Å². The Bertz CT molecular complexity index is 963. The lowest BCUT2D eigenvalue weighted by atomic mass is 10.1. The van der Waals surface area contributed by atoms with Crippen LogP contribution in [0.15, 0.2) is 59.4 Å². The summed E-state index contributed by atoms with van der Waals surface area (Å²) in [4.78, 5) is 16.5. The monoisotopic (exact) mass is 438 g/mol. The Hall–Kier alpha value is -3.11. The number of amides is 1. The summed E-state index contributed by atoms with van der Waals surface area (Å²) in [6.45, 7) is 0.156. The Morgan fingerprint density at radius 2 is 1.93 bits per heavy atom.